The number of guanidine groups is 1. The van der Waals surface area contributed by atoms with E-state index < -0.39 is 0 Å². The van der Waals surface area contributed by atoms with Gasteiger partial charge in [0.05, 0.1) is 6.54 Å². The Balaban J connectivity index is 0.00000144. The molecule has 0 atom stereocenters. The Morgan fingerprint density at radius 3 is 2.71 bits per heavy atom. The monoisotopic (exact) mass is 365 g/mol. The van der Waals surface area contributed by atoms with E-state index in [1.807, 2.05) is 18.4 Å². The molecule has 0 spiro atoms. The molecule has 3 nitrogen and oxygen atoms in total. The van der Waals surface area contributed by atoms with Gasteiger partial charge in [-0.05, 0) is 36.8 Å². The summed E-state index contributed by atoms with van der Waals surface area (Å²) in [7, 11) is 1.86. The number of nitrogens with one attached hydrogen (secondary N) is 1. The average molecular weight is 365 g/mol. The highest BCUT2D eigenvalue weighted by atomic mass is 127. The summed E-state index contributed by atoms with van der Waals surface area (Å²) in [5, 5.41) is 5.58. The van der Waals surface area contributed by atoms with Crippen molar-refractivity contribution in [2.24, 2.45) is 4.99 Å². The fraction of sp³-hybridized carbons (Fsp3) is 0.583. The first-order valence-corrected chi connectivity index (χ1v) is 6.68. The van der Waals surface area contributed by atoms with Gasteiger partial charge in [0.2, 0.25) is 0 Å². The predicted molar refractivity (Wildman–Crippen MR) is 85.5 cm³/mol. The lowest BCUT2D eigenvalue weighted by atomic mass is 10.3. The smallest absolute Gasteiger partial charge is 0.193 e. The number of thiophene rings is 1. The summed E-state index contributed by atoms with van der Waals surface area (Å²) in [5.41, 5.74) is 1.37. The van der Waals surface area contributed by atoms with Crippen LogP contribution in [0.5, 0.6) is 0 Å². The topological polar surface area (TPSA) is 27.6 Å². The molecule has 2 rings (SSSR count). The SMILES string of the molecule is CN=C(NCc1sccc1C)N1CCCC1.I. The molecule has 1 aliphatic rings. The van der Waals surface area contributed by atoms with Crippen LogP contribution in [0.25, 0.3) is 0 Å². The van der Waals surface area contributed by atoms with E-state index in [0.717, 1.165) is 25.6 Å². The zero-order chi connectivity index (χ0) is 11.4. The van der Waals surface area contributed by atoms with Gasteiger partial charge in [-0.2, -0.15) is 0 Å². The number of hydrogen-bond acceptors (Lipinski definition) is 2. The van der Waals surface area contributed by atoms with Gasteiger partial charge < -0.3 is 10.2 Å². The lowest BCUT2D eigenvalue weighted by Gasteiger charge is -2.20. The van der Waals surface area contributed by atoms with E-state index >= 15 is 0 Å². The van der Waals surface area contributed by atoms with Gasteiger partial charge in [0, 0.05) is 25.0 Å². The zero-order valence-electron chi connectivity index (χ0n) is 10.4. The molecule has 0 saturated carbocycles. The molecule has 1 saturated heterocycles. The van der Waals surface area contributed by atoms with Crippen molar-refractivity contribution in [3.63, 3.8) is 0 Å². The fourth-order valence-electron chi connectivity index (χ4n) is 2.01. The van der Waals surface area contributed by atoms with Gasteiger partial charge in [-0.25, -0.2) is 0 Å². The van der Waals surface area contributed by atoms with Crippen LogP contribution in [0.3, 0.4) is 0 Å². The Morgan fingerprint density at radius 1 is 1.47 bits per heavy atom. The van der Waals surface area contributed by atoms with Crippen LogP contribution in [0.1, 0.15) is 23.3 Å². The molecular weight excluding hydrogens is 345 g/mol. The molecule has 0 unspecified atom stereocenters. The molecule has 0 amide bonds. The van der Waals surface area contributed by atoms with Crippen LogP contribution in [0.15, 0.2) is 16.4 Å². The minimum absolute atomic E-state index is 0. The van der Waals surface area contributed by atoms with E-state index in [1.54, 1.807) is 0 Å². The standard InChI is InChI=1S/C12H19N3S.HI/c1-10-5-8-16-11(10)9-14-12(13-2)15-6-3-4-7-15;/h5,8H,3-4,6-7,9H2,1-2H3,(H,13,14);1H. The van der Waals surface area contributed by atoms with Crippen molar-refractivity contribution in [3.8, 4) is 0 Å². The van der Waals surface area contributed by atoms with Crippen molar-refractivity contribution in [1.82, 2.24) is 10.2 Å². The molecule has 0 radical (unpaired) electrons. The molecular formula is C12H20IN3S. The molecule has 1 aliphatic heterocycles. The van der Waals surface area contributed by atoms with Crippen molar-refractivity contribution in [2.45, 2.75) is 26.3 Å². The second-order valence-electron chi connectivity index (χ2n) is 4.12. The summed E-state index contributed by atoms with van der Waals surface area (Å²) in [6, 6.07) is 2.17. The second-order valence-corrected chi connectivity index (χ2v) is 5.12. The third-order valence-corrected chi connectivity index (χ3v) is 4.02. The Labute approximate surface area is 124 Å². The van der Waals surface area contributed by atoms with Gasteiger partial charge in [0.1, 0.15) is 0 Å². The maximum absolute atomic E-state index is 4.34. The highest BCUT2D eigenvalue weighted by Crippen LogP contribution is 2.15. The number of hydrogen-bond donors (Lipinski definition) is 1. The molecule has 1 N–H and O–H groups in total. The number of likely N-dealkylation sites (tertiary alicyclic amines) is 1. The molecule has 2 heterocycles. The van der Waals surface area contributed by atoms with Gasteiger partial charge in [0.15, 0.2) is 5.96 Å². The van der Waals surface area contributed by atoms with Crippen molar-refractivity contribution in [1.29, 1.82) is 0 Å². The summed E-state index contributed by atoms with van der Waals surface area (Å²) < 4.78 is 0. The molecule has 0 aliphatic carbocycles. The predicted octanol–water partition coefficient (Wildman–Crippen LogP) is 2.85. The zero-order valence-corrected chi connectivity index (χ0v) is 13.5. The largest absolute Gasteiger partial charge is 0.351 e. The minimum atomic E-state index is 0. The van der Waals surface area contributed by atoms with Gasteiger partial charge in [-0.1, -0.05) is 0 Å². The number of aryl methyl sites for hydroxylation is 1. The van der Waals surface area contributed by atoms with Crippen molar-refractivity contribution in [3.05, 3.63) is 21.9 Å². The van der Waals surface area contributed by atoms with Crippen LogP contribution >= 0.6 is 35.3 Å². The molecule has 5 heteroatoms. The quantitative estimate of drug-likeness (QED) is 0.496. The third kappa shape index (κ3) is 3.84. The summed E-state index contributed by atoms with van der Waals surface area (Å²) in [4.78, 5) is 8.07. The van der Waals surface area contributed by atoms with E-state index in [9.17, 15) is 0 Å². The number of rotatable bonds is 2. The highest BCUT2D eigenvalue weighted by Gasteiger charge is 2.15. The Bertz CT molecular complexity index is 370. The maximum atomic E-state index is 4.34. The van der Waals surface area contributed by atoms with Crippen molar-refractivity contribution < 1.29 is 0 Å². The van der Waals surface area contributed by atoms with Crippen LogP contribution in [0, 0.1) is 6.92 Å². The van der Waals surface area contributed by atoms with Crippen LogP contribution in [-0.4, -0.2) is 31.0 Å². The Hall–Kier alpha value is -0.300. The minimum Gasteiger partial charge on any atom is -0.351 e. The van der Waals surface area contributed by atoms with Gasteiger partial charge >= 0.3 is 0 Å². The normalized spacial score (nSPS) is 15.9. The van der Waals surface area contributed by atoms with Gasteiger partial charge in [0.25, 0.3) is 0 Å². The first-order chi connectivity index (χ1) is 7.81. The molecule has 96 valence electrons. The number of halogens is 1. The van der Waals surface area contributed by atoms with E-state index in [0.29, 0.717) is 0 Å². The molecule has 17 heavy (non-hydrogen) atoms. The van der Waals surface area contributed by atoms with Crippen LogP contribution in [0.4, 0.5) is 0 Å². The van der Waals surface area contributed by atoms with E-state index in [4.69, 9.17) is 0 Å². The summed E-state index contributed by atoms with van der Waals surface area (Å²) in [6.45, 7) is 5.34. The second kappa shape index (κ2) is 7.20. The van der Waals surface area contributed by atoms with E-state index in [-0.39, 0.29) is 24.0 Å². The van der Waals surface area contributed by atoms with Crippen molar-refractivity contribution >= 4 is 41.3 Å². The Kier molecular flexibility index (Phi) is 6.26. The lowest BCUT2D eigenvalue weighted by molar-refractivity contribution is 0.494. The molecule has 1 aromatic heterocycles. The maximum Gasteiger partial charge on any atom is 0.193 e. The van der Waals surface area contributed by atoms with Crippen molar-refractivity contribution in [2.75, 3.05) is 20.1 Å². The highest BCUT2D eigenvalue weighted by molar-refractivity contribution is 14.0. The number of aliphatic imine (C=N–C) groups is 1. The first kappa shape index (κ1) is 14.8. The van der Waals surface area contributed by atoms with Gasteiger partial charge in [-0.15, -0.1) is 35.3 Å². The van der Waals surface area contributed by atoms with Crippen LogP contribution < -0.4 is 5.32 Å². The van der Waals surface area contributed by atoms with E-state index in [1.165, 1.54) is 23.3 Å². The fourth-order valence-corrected chi connectivity index (χ4v) is 2.85. The summed E-state index contributed by atoms with van der Waals surface area (Å²) >= 11 is 1.81. The van der Waals surface area contributed by atoms with Crippen LogP contribution in [-0.2, 0) is 6.54 Å². The Morgan fingerprint density at radius 2 is 2.18 bits per heavy atom. The molecule has 0 aromatic carbocycles. The van der Waals surface area contributed by atoms with E-state index in [2.05, 4.69) is 33.6 Å². The van der Waals surface area contributed by atoms with Crippen LogP contribution in [0.2, 0.25) is 0 Å². The molecule has 1 fully saturated rings. The molecule has 1 aromatic rings. The average Bonchev–Trinajstić information content (AvgIpc) is 2.92. The summed E-state index contributed by atoms with van der Waals surface area (Å²) in [5.74, 6) is 1.05. The molecule has 0 bridgehead atoms. The van der Waals surface area contributed by atoms with Gasteiger partial charge in [-0.3, -0.25) is 4.99 Å². The summed E-state index contributed by atoms with van der Waals surface area (Å²) in [6.07, 6.45) is 2.58. The first-order valence-electron chi connectivity index (χ1n) is 5.80. The lowest BCUT2D eigenvalue weighted by Crippen LogP contribution is -2.39. The number of nitrogens with zero attached hydrogens (tertiary/aromatic N) is 2. The third-order valence-electron chi connectivity index (χ3n) is 2.99.